The van der Waals surface area contributed by atoms with Gasteiger partial charge in [0.15, 0.2) is 8.32 Å². The van der Waals surface area contributed by atoms with Crippen LogP contribution in [-0.4, -0.2) is 37.3 Å². The molecule has 170 valence electrons. The van der Waals surface area contributed by atoms with E-state index in [9.17, 15) is 9.59 Å². The fourth-order valence-electron chi connectivity index (χ4n) is 3.07. The van der Waals surface area contributed by atoms with Crippen LogP contribution in [0.15, 0.2) is 30.5 Å². The lowest BCUT2D eigenvalue weighted by Gasteiger charge is -2.40. The van der Waals surface area contributed by atoms with E-state index in [-0.39, 0.29) is 29.5 Å². The Morgan fingerprint density at radius 1 is 1.26 bits per heavy atom. The fraction of sp³-hybridized carbons (Fsp3) is 0.522. The van der Waals surface area contributed by atoms with E-state index in [1.165, 1.54) is 13.3 Å². The van der Waals surface area contributed by atoms with E-state index in [0.29, 0.717) is 17.9 Å². The van der Waals surface area contributed by atoms with Gasteiger partial charge in [-0.25, -0.2) is 4.98 Å². The molecule has 0 bridgehead atoms. The van der Waals surface area contributed by atoms with Gasteiger partial charge in [-0.2, -0.15) is 0 Å². The first kappa shape index (κ1) is 24.8. The van der Waals surface area contributed by atoms with Crippen LogP contribution < -0.4 is 5.73 Å². The number of methoxy groups -OCH3 is 1. The number of carbonyl (C=O) groups is 2. The van der Waals surface area contributed by atoms with Crippen molar-refractivity contribution in [3.05, 3.63) is 53.1 Å². The van der Waals surface area contributed by atoms with Gasteiger partial charge in [0.1, 0.15) is 11.5 Å². The number of rotatable bonds is 9. The largest absolute Gasteiger partial charge is 0.469 e. The molecule has 2 rings (SSSR count). The van der Waals surface area contributed by atoms with Crippen LogP contribution in [0.3, 0.4) is 0 Å². The normalized spacial score (nSPS) is 14.2. The molecular formula is C23H35N3O4Si. The van der Waals surface area contributed by atoms with Crippen molar-refractivity contribution < 1.29 is 18.8 Å². The highest BCUT2D eigenvalue weighted by molar-refractivity contribution is 6.74. The number of aromatic nitrogens is 2. The van der Waals surface area contributed by atoms with Gasteiger partial charge in [0, 0.05) is 5.92 Å². The number of primary amides is 1. The predicted molar refractivity (Wildman–Crippen MR) is 123 cm³/mol. The van der Waals surface area contributed by atoms with Crippen LogP contribution in [0.25, 0.3) is 0 Å². The third kappa shape index (κ3) is 6.51. The second-order valence-corrected chi connectivity index (χ2v) is 14.3. The third-order valence-corrected chi connectivity index (χ3v) is 10.5. The Morgan fingerprint density at radius 3 is 2.48 bits per heavy atom. The number of hydrogen-bond acceptors (Lipinski definition) is 5. The molecule has 7 nitrogen and oxygen atoms in total. The number of benzene rings is 1. The number of ether oxygens (including phenoxy) is 1. The second kappa shape index (κ2) is 9.78. The number of carbonyl (C=O) groups excluding carboxylic acids is 2. The highest BCUT2D eigenvalue weighted by Crippen LogP contribution is 2.42. The molecule has 1 heterocycles. The monoisotopic (exact) mass is 445 g/mol. The summed E-state index contributed by atoms with van der Waals surface area (Å²) in [5, 5.41) is 0.0436. The van der Waals surface area contributed by atoms with E-state index in [1.807, 2.05) is 31.2 Å². The molecule has 0 aliphatic heterocycles. The summed E-state index contributed by atoms with van der Waals surface area (Å²) in [7, 11) is -0.694. The number of H-pyrrole nitrogens is 1. The predicted octanol–water partition coefficient (Wildman–Crippen LogP) is 4.48. The van der Waals surface area contributed by atoms with Crippen molar-refractivity contribution in [2.45, 2.75) is 70.7 Å². The van der Waals surface area contributed by atoms with E-state index in [1.54, 1.807) is 0 Å². The molecule has 0 spiro atoms. The number of hydrogen-bond donors (Lipinski definition) is 2. The van der Waals surface area contributed by atoms with Gasteiger partial charge in [0.2, 0.25) is 0 Å². The third-order valence-electron chi connectivity index (χ3n) is 6.04. The first-order valence-corrected chi connectivity index (χ1v) is 13.4. The van der Waals surface area contributed by atoms with Gasteiger partial charge in [-0.1, -0.05) is 52.0 Å². The maximum Gasteiger partial charge on any atom is 0.309 e. The van der Waals surface area contributed by atoms with Gasteiger partial charge < -0.3 is 19.9 Å². The molecule has 2 aromatic rings. The Bertz CT molecular complexity index is 918. The van der Waals surface area contributed by atoms with E-state index in [2.05, 4.69) is 43.8 Å². The molecule has 8 heteroatoms. The molecule has 1 aromatic heterocycles. The first-order valence-electron chi connectivity index (χ1n) is 10.5. The van der Waals surface area contributed by atoms with Gasteiger partial charge in [0.25, 0.3) is 5.91 Å². The summed E-state index contributed by atoms with van der Waals surface area (Å²) < 4.78 is 11.6. The van der Waals surface area contributed by atoms with Crippen molar-refractivity contribution >= 4 is 20.2 Å². The molecule has 1 amide bonds. The standard InChI is InChI=1S/C23H35N3O4Si/c1-15(22-25-14-18(26-22)21(24)28)11-19(30-31(6,7)23(2,3)4)17-10-8-9-16(12-17)13-20(27)29-5/h8-10,12,14-15,19H,11,13H2,1-7H3,(H2,24,28)(H,25,26). The minimum Gasteiger partial charge on any atom is -0.469 e. The van der Waals surface area contributed by atoms with Crippen molar-refractivity contribution in [1.29, 1.82) is 0 Å². The zero-order valence-corrected chi connectivity index (χ0v) is 20.6. The van der Waals surface area contributed by atoms with Crippen LogP contribution in [0.5, 0.6) is 0 Å². The maximum atomic E-state index is 11.7. The number of aromatic amines is 1. The summed E-state index contributed by atoms with van der Waals surface area (Å²) in [4.78, 5) is 30.5. The lowest BCUT2D eigenvalue weighted by Crippen LogP contribution is -2.42. The molecule has 2 unspecified atom stereocenters. The summed E-state index contributed by atoms with van der Waals surface area (Å²) in [6.07, 6.45) is 2.16. The zero-order chi connectivity index (χ0) is 23.4. The lowest BCUT2D eigenvalue weighted by atomic mass is 9.96. The number of nitrogens with one attached hydrogen (secondary N) is 1. The van der Waals surface area contributed by atoms with Crippen LogP contribution in [0.4, 0.5) is 0 Å². The summed E-state index contributed by atoms with van der Waals surface area (Å²) in [6.45, 7) is 13.1. The first-order chi connectivity index (χ1) is 14.3. The number of esters is 1. The number of imidazole rings is 1. The molecule has 3 N–H and O–H groups in total. The minimum absolute atomic E-state index is 0.00660. The van der Waals surface area contributed by atoms with Crippen LogP contribution in [-0.2, 0) is 20.4 Å². The Hall–Kier alpha value is -2.45. The second-order valence-electron chi connectivity index (χ2n) is 9.55. The molecule has 1 aromatic carbocycles. The highest BCUT2D eigenvalue weighted by Gasteiger charge is 2.40. The van der Waals surface area contributed by atoms with Crippen LogP contribution in [0.1, 0.15) is 73.6 Å². The van der Waals surface area contributed by atoms with Gasteiger partial charge in [-0.05, 0) is 35.7 Å². The topological polar surface area (TPSA) is 107 Å². The van der Waals surface area contributed by atoms with Crippen molar-refractivity contribution in [3.8, 4) is 0 Å². The van der Waals surface area contributed by atoms with Crippen LogP contribution >= 0.6 is 0 Å². The number of nitrogens with two attached hydrogens (primary N) is 1. The average molecular weight is 446 g/mol. The summed E-state index contributed by atoms with van der Waals surface area (Å²) in [6, 6.07) is 7.90. The zero-order valence-electron chi connectivity index (χ0n) is 19.6. The maximum absolute atomic E-state index is 11.7. The molecule has 0 aliphatic carbocycles. The van der Waals surface area contributed by atoms with E-state index < -0.39 is 14.2 Å². The van der Waals surface area contributed by atoms with Gasteiger partial charge in [-0.3, -0.25) is 9.59 Å². The van der Waals surface area contributed by atoms with Crippen LogP contribution in [0, 0.1) is 0 Å². The SMILES string of the molecule is COC(=O)Cc1cccc(C(CC(C)c2ncc(C(N)=O)[nH]2)O[Si](C)(C)C(C)(C)C)c1. The van der Waals surface area contributed by atoms with E-state index in [4.69, 9.17) is 14.9 Å². The Labute approximate surface area is 185 Å². The highest BCUT2D eigenvalue weighted by atomic mass is 28.4. The quantitative estimate of drug-likeness (QED) is 0.437. The van der Waals surface area contributed by atoms with Crippen LogP contribution in [0.2, 0.25) is 18.1 Å². The molecule has 0 aliphatic rings. The van der Waals surface area contributed by atoms with Crippen molar-refractivity contribution in [2.75, 3.05) is 7.11 Å². The fourth-order valence-corrected chi connectivity index (χ4v) is 4.37. The van der Waals surface area contributed by atoms with Crippen molar-refractivity contribution in [1.82, 2.24) is 9.97 Å². The lowest BCUT2D eigenvalue weighted by molar-refractivity contribution is -0.139. The molecule has 0 saturated carbocycles. The number of nitrogens with zero attached hydrogens (tertiary/aromatic N) is 1. The summed E-state index contributed by atoms with van der Waals surface area (Å²) in [5.41, 5.74) is 7.54. The molecule has 31 heavy (non-hydrogen) atoms. The molecule has 0 saturated heterocycles. The van der Waals surface area contributed by atoms with Crippen molar-refractivity contribution in [3.63, 3.8) is 0 Å². The Kier molecular flexibility index (Phi) is 7.83. The summed E-state index contributed by atoms with van der Waals surface area (Å²) >= 11 is 0. The minimum atomic E-state index is -2.08. The number of amides is 1. The molecular weight excluding hydrogens is 410 g/mol. The smallest absolute Gasteiger partial charge is 0.309 e. The average Bonchev–Trinajstić information content (AvgIpc) is 3.17. The van der Waals surface area contributed by atoms with Gasteiger partial charge in [-0.15, -0.1) is 0 Å². The Balaban J connectivity index is 2.35. The Morgan fingerprint density at radius 2 is 1.94 bits per heavy atom. The van der Waals surface area contributed by atoms with E-state index in [0.717, 1.165) is 11.1 Å². The molecule has 2 atom stereocenters. The van der Waals surface area contributed by atoms with Gasteiger partial charge in [0.05, 0.1) is 25.8 Å². The molecule has 0 fully saturated rings. The van der Waals surface area contributed by atoms with Crippen molar-refractivity contribution in [2.24, 2.45) is 5.73 Å². The molecule has 0 radical (unpaired) electrons. The van der Waals surface area contributed by atoms with E-state index >= 15 is 0 Å². The summed E-state index contributed by atoms with van der Waals surface area (Å²) in [5.74, 6) is -0.104. The van der Waals surface area contributed by atoms with Gasteiger partial charge >= 0.3 is 5.97 Å².